The fraction of sp³-hybridized carbons (Fsp3) is 0.393. The summed E-state index contributed by atoms with van der Waals surface area (Å²) in [4.78, 5) is 33.5. The molecule has 0 spiro atoms. The molecular weight excluding hydrogens is 490 g/mol. The number of aromatic hydroxyl groups is 1. The summed E-state index contributed by atoms with van der Waals surface area (Å²) in [5.41, 5.74) is 0.0880. The summed E-state index contributed by atoms with van der Waals surface area (Å²) < 4.78 is 23.5. The van der Waals surface area contributed by atoms with Crippen LogP contribution >= 0.6 is 0 Å². The van der Waals surface area contributed by atoms with Crippen molar-refractivity contribution >= 4 is 5.91 Å². The topological polar surface area (TPSA) is 112 Å². The highest BCUT2D eigenvalue weighted by molar-refractivity contribution is 5.96. The molecule has 1 saturated heterocycles. The zero-order valence-electron chi connectivity index (χ0n) is 22.3. The van der Waals surface area contributed by atoms with Crippen molar-refractivity contribution in [3.8, 4) is 28.8 Å². The first-order chi connectivity index (χ1) is 18.3. The van der Waals surface area contributed by atoms with Crippen LogP contribution < -0.4 is 19.8 Å². The molecule has 1 aliphatic rings. The molecule has 3 aromatic rings. The smallest absolute Gasteiger partial charge is 0.275 e. The third-order valence-corrected chi connectivity index (χ3v) is 6.57. The standard InChI is InChI=1S/C28H33N3O7/c1-17(2)38-16-23-29-26(32)24(28(34)31(23)25-21(36-4)11-8-12-22(25)37-5)27(33)30-14-13-18(15-30)19-9-6-7-10-20(19)35-3/h6-12,17-18,32H,13-16H2,1-5H3. The Morgan fingerprint density at radius 2 is 1.66 bits per heavy atom. The molecule has 1 atom stereocenters. The van der Waals surface area contributed by atoms with E-state index in [4.69, 9.17) is 18.9 Å². The van der Waals surface area contributed by atoms with Gasteiger partial charge in [0.05, 0.1) is 27.4 Å². The molecule has 2 aromatic carbocycles. The zero-order chi connectivity index (χ0) is 27.4. The summed E-state index contributed by atoms with van der Waals surface area (Å²) in [6, 6.07) is 12.7. The van der Waals surface area contributed by atoms with E-state index in [0.29, 0.717) is 31.0 Å². The van der Waals surface area contributed by atoms with E-state index in [0.717, 1.165) is 11.3 Å². The van der Waals surface area contributed by atoms with E-state index in [9.17, 15) is 14.7 Å². The number of benzene rings is 2. The molecule has 38 heavy (non-hydrogen) atoms. The highest BCUT2D eigenvalue weighted by Gasteiger charge is 2.34. The van der Waals surface area contributed by atoms with Gasteiger partial charge >= 0.3 is 0 Å². The van der Waals surface area contributed by atoms with Crippen molar-refractivity contribution in [2.75, 3.05) is 34.4 Å². The van der Waals surface area contributed by atoms with Crippen LogP contribution in [0, 0.1) is 0 Å². The van der Waals surface area contributed by atoms with Crippen LogP contribution in [-0.4, -0.2) is 66.0 Å². The van der Waals surface area contributed by atoms with Crippen molar-refractivity contribution in [1.82, 2.24) is 14.5 Å². The van der Waals surface area contributed by atoms with Crippen molar-refractivity contribution < 1.29 is 28.8 Å². The SMILES string of the molecule is COc1ccccc1C1CCN(C(=O)c2c(O)nc(COC(C)C)n(-c3c(OC)cccc3OC)c2=O)C1. The second-order valence-electron chi connectivity index (χ2n) is 9.22. The Bertz CT molecular complexity index is 1350. The molecule has 0 bridgehead atoms. The predicted molar refractivity (Wildman–Crippen MR) is 141 cm³/mol. The van der Waals surface area contributed by atoms with Gasteiger partial charge in [0.2, 0.25) is 5.88 Å². The lowest BCUT2D eigenvalue weighted by Crippen LogP contribution is -2.37. The summed E-state index contributed by atoms with van der Waals surface area (Å²) in [5, 5.41) is 10.8. The van der Waals surface area contributed by atoms with E-state index in [1.54, 1.807) is 30.2 Å². The van der Waals surface area contributed by atoms with Crippen LogP contribution in [0.1, 0.15) is 47.9 Å². The second kappa shape index (κ2) is 11.6. The molecule has 1 N–H and O–H groups in total. The van der Waals surface area contributed by atoms with Gasteiger partial charge < -0.3 is 29.0 Å². The van der Waals surface area contributed by atoms with E-state index in [2.05, 4.69) is 4.98 Å². The number of para-hydroxylation sites is 2. The van der Waals surface area contributed by atoms with Crippen molar-refractivity contribution in [2.24, 2.45) is 0 Å². The Morgan fingerprint density at radius 3 is 2.29 bits per heavy atom. The third kappa shape index (κ3) is 5.17. The van der Waals surface area contributed by atoms with Crippen LogP contribution in [0.4, 0.5) is 0 Å². The molecule has 10 heteroatoms. The first-order valence-corrected chi connectivity index (χ1v) is 12.4. The Morgan fingerprint density at radius 1 is 1.03 bits per heavy atom. The van der Waals surface area contributed by atoms with E-state index in [1.807, 2.05) is 38.1 Å². The fourth-order valence-electron chi connectivity index (χ4n) is 4.72. The summed E-state index contributed by atoms with van der Waals surface area (Å²) >= 11 is 0. The number of aromatic nitrogens is 2. The summed E-state index contributed by atoms with van der Waals surface area (Å²) in [7, 11) is 4.55. The van der Waals surface area contributed by atoms with Crippen LogP contribution in [0.3, 0.4) is 0 Å². The molecule has 1 amide bonds. The number of carbonyl (C=O) groups excluding carboxylic acids is 1. The first kappa shape index (κ1) is 27.0. The zero-order valence-corrected chi connectivity index (χ0v) is 22.3. The van der Waals surface area contributed by atoms with Gasteiger partial charge in [-0.05, 0) is 44.0 Å². The monoisotopic (exact) mass is 523 g/mol. The van der Waals surface area contributed by atoms with Gasteiger partial charge in [0.1, 0.15) is 35.4 Å². The summed E-state index contributed by atoms with van der Waals surface area (Å²) in [6.07, 6.45) is 0.523. The van der Waals surface area contributed by atoms with Gasteiger partial charge in [-0.25, -0.2) is 0 Å². The number of carbonyl (C=O) groups is 1. The predicted octanol–water partition coefficient (Wildman–Crippen LogP) is 3.52. The van der Waals surface area contributed by atoms with Crippen LogP contribution in [0.5, 0.6) is 23.1 Å². The maximum Gasteiger partial charge on any atom is 0.275 e. The Hall–Kier alpha value is -4.05. The number of methoxy groups -OCH3 is 3. The van der Waals surface area contributed by atoms with Gasteiger partial charge in [0, 0.05) is 19.0 Å². The average Bonchev–Trinajstić information content (AvgIpc) is 3.41. The van der Waals surface area contributed by atoms with Crippen molar-refractivity contribution in [2.45, 2.75) is 38.9 Å². The lowest BCUT2D eigenvalue weighted by atomic mass is 9.97. The Kier molecular flexibility index (Phi) is 8.21. The third-order valence-electron chi connectivity index (χ3n) is 6.57. The van der Waals surface area contributed by atoms with Crippen LogP contribution in [-0.2, 0) is 11.3 Å². The highest BCUT2D eigenvalue weighted by atomic mass is 16.5. The Labute approximate surface area is 221 Å². The molecule has 1 unspecified atom stereocenters. The maximum atomic E-state index is 14.0. The molecule has 202 valence electrons. The number of likely N-dealkylation sites (tertiary alicyclic amines) is 1. The molecule has 0 aliphatic carbocycles. The van der Waals surface area contributed by atoms with Crippen LogP contribution in [0.25, 0.3) is 5.69 Å². The van der Waals surface area contributed by atoms with E-state index < -0.39 is 22.9 Å². The highest BCUT2D eigenvalue weighted by Crippen LogP contribution is 2.35. The van der Waals surface area contributed by atoms with Gasteiger partial charge in [-0.3, -0.25) is 14.2 Å². The minimum absolute atomic E-state index is 0.0282. The molecule has 0 radical (unpaired) electrons. The van der Waals surface area contributed by atoms with E-state index >= 15 is 0 Å². The molecule has 1 aromatic heterocycles. The molecule has 1 fully saturated rings. The lowest BCUT2D eigenvalue weighted by molar-refractivity contribution is 0.0591. The number of hydrogen-bond acceptors (Lipinski definition) is 8. The van der Waals surface area contributed by atoms with Crippen molar-refractivity contribution in [1.29, 1.82) is 0 Å². The molecular formula is C28H33N3O7. The summed E-state index contributed by atoms with van der Waals surface area (Å²) in [6.45, 7) is 4.38. The van der Waals surface area contributed by atoms with Gasteiger partial charge in [0.15, 0.2) is 5.56 Å². The Balaban J connectivity index is 1.79. The lowest BCUT2D eigenvalue weighted by Gasteiger charge is -2.21. The molecule has 2 heterocycles. The molecule has 4 rings (SSSR count). The number of hydrogen-bond donors (Lipinski definition) is 1. The van der Waals surface area contributed by atoms with Crippen LogP contribution in [0.15, 0.2) is 47.3 Å². The molecule has 0 saturated carbocycles. The fourth-order valence-corrected chi connectivity index (χ4v) is 4.72. The summed E-state index contributed by atoms with van der Waals surface area (Å²) in [5.74, 6) is 0.302. The number of nitrogens with zero attached hydrogens (tertiary/aromatic N) is 3. The molecule has 1 aliphatic heterocycles. The number of amides is 1. The van der Waals surface area contributed by atoms with Gasteiger partial charge in [-0.15, -0.1) is 0 Å². The van der Waals surface area contributed by atoms with E-state index in [-0.39, 0.29) is 30.1 Å². The first-order valence-electron chi connectivity index (χ1n) is 12.4. The quantitative estimate of drug-likeness (QED) is 0.454. The maximum absolute atomic E-state index is 14.0. The largest absolute Gasteiger partial charge is 0.496 e. The van der Waals surface area contributed by atoms with Gasteiger partial charge in [-0.2, -0.15) is 4.98 Å². The van der Waals surface area contributed by atoms with Crippen molar-refractivity contribution in [3.05, 3.63) is 69.8 Å². The number of rotatable bonds is 9. The number of ether oxygens (including phenoxy) is 4. The second-order valence-corrected chi connectivity index (χ2v) is 9.22. The minimum atomic E-state index is -0.742. The minimum Gasteiger partial charge on any atom is -0.496 e. The molecule has 10 nitrogen and oxygen atoms in total. The van der Waals surface area contributed by atoms with Crippen LogP contribution in [0.2, 0.25) is 0 Å². The van der Waals surface area contributed by atoms with Gasteiger partial charge in [-0.1, -0.05) is 24.3 Å². The van der Waals surface area contributed by atoms with E-state index in [1.165, 1.54) is 18.8 Å². The normalized spacial score (nSPS) is 15.1. The average molecular weight is 524 g/mol. The van der Waals surface area contributed by atoms with Crippen molar-refractivity contribution in [3.63, 3.8) is 0 Å². The van der Waals surface area contributed by atoms with Gasteiger partial charge in [0.25, 0.3) is 11.5 Å².